The van der Waals surface area contributed by atoms with Gasteiger partial charge in [0.1, 0.15) is 5.75 Å². The molecule has 0 saturated carbocycles. The highest BCUT2D eigenvalue weighted by Crippen LogP contribution is 2.25. The highest BCUT2D eigenvalue weighted by Gasteiger charge is 2.15. The van der Waals surface area contributed by atoms with Gasteiger partial charge in [0, 0.05) is 18.8 Å². The number of nitrogens with two attached hydrogens (primary N) is 1. The topological polar surface area (TPSA) is 64.8 Å². The zero-order valence-electron chi connectivity index (χ0n) is 9.81. The second kappa shape index (κ2) is 5.05. The molecule has 1 saturated heterocycles. The molecule has 1 heterocycles. The summed E-state index contributed by atoms with van der Waals surface area (Å²) in [7, 11) is 1.52. The summed E-state index contributed by atoms with van der Waals surface area (Å²) < 4.78 is 10.4. The number of hydrogen-bond donors (Lipinski definition) is 1. The quantitative estimate of drug-likeness (QED) is 0.836. The lowest BCUT2D eigenvalue weighted by Gasteiger charge is -2.29. The van der Waals surface area contributed by atoms with Crippen molar-refractivity contribution in [3.63, 3.8) is 0 Å². The van der Waals surface area contributed by atoms with Gasteiger partial charge in [0.2, 0.25) is 0 Å². The number of amides is 1. The fourth-order valence-electron chi connectivity index (χ4n) is 1.91. The lowest BCUT2D eigenvalue weighted by atomic mass is 10.1. The molecular formula is C12H16N2O3. The summed E-state index contributed by atoms with van der Waals surface area (Å²) >= 11 is 0. The van der Waals surface area contributed by atoms with Crippen molar-refractivity contribution in [1.29, 1.82) is 0 Å². The van der Waals surface area contributed by atoms with E-state index in [2.05, 4.69) is 4.90 Å². The van der Waals surface area contributed by atoms with Crippen LogP contribution in [0.3, 0.4) is 0 Å². The first-order chi connectivity index (χ1) is 8.22. The number of nitrogens with zero attached hydrogens (tertiary/aromatic N) is 1. The third-order valence-corrected chi connectivity index (χ3v) is 2.82. The van der Waals surface area contributed by atoms with Gasteiger partial charge in [0.15, 0.2) is 0 Å². The number of benzene rings is 1. The third kappa shape index (κ3) is 2.50. The van der Waals surface area contributed by atoms with Crippen molar-refractivity contribution >= 4 is 11.6 Å². The summed E-state index contributed by atoms with van der Waals surface area (Å²) in [6.07, 6.45) is 0. The van der Waals surface area contributed by atoms with Crippen LogP contribution in [-0.4, -0.2) is 39.3 Å². The van der Waals surface area contributed by atoms with Gasteiger partial charge in [0.05, 0.1) is 25.9 Å². The van der Waals surface area contributed by atoms with E-state index in [1.54, 1.807) is 12.1 Å². The zero-order valence-corrected chi connectivity index (χ0v) is 9.81. The van der Waals surface area contributed by atoms with Gasteiger partial charge < -0.3 is 20.1 Å². The Labute approximate surface area is 100 Å². The van der Waals surface area contributed by atoms with Crippen LogP contribution in [-0.2, 0) is 4.74 Å². The Morgan fingerprint density at radius 2 is 2.12 bits per heavy atom. The summed E-state index contributed by atoms with van der Waals surface area (Å²) in [4.78, 5) is 13.5. The van der Waals surface area contributed by atoms with Crippen molar-refractivity contribution in [2.24, 2.45) is 5.73 Å². The minimum Gasteiger partial charge on any atom is -0.496 e. The molecule has 1 aliphatic heterocycles. The maximum atomic E-state index is 11.3. The van der Waals surface area contributed by atoms with Crippen molar-refractivity contribution in [2.45, 2.75) is 0 Å². The van der Waals surface area contributed by atoms with E-state index in [0.717, 1.165) is 18.8 Å². The van der Waals surface area contributed by atoms with Crippen LogP contribution in [0.1, 0.15) is 10.4 Å². The minimum atomic E-state index is -0.475. The number of carbonyl (C=O) groups is 1. The second-order valence-corrected chi connectivity index (χ2v) is 3.85. The van der Waals surface area contributed by atoms with Gasteiger partial charge in [-0.3, -0.25) is 4.79 Å². The van der Waals surface area contributed by atoms with Crippen molar-refractivity contribution < 1.29 is 14.3 Å². The van der Waals surface area contributed by atoms with Crippen LogP contribution in [0.15, 0.2) is 18.2 Å². The monoisotopic (exact) mass is 236 g/mol. The van der Waals surface area contributed by atoms with Crippen molar-refractivity contribution in [1.82, 2.24) is 0 Å². The van der Waals surface area contributed by atoms with Crippen LogP contribution in [0.2, 0.25) is 0 Å². The Morgan fingerprint density at radius 1 is 1.41 bits per heavy atom. The van der Waals surface area contributed by atoms with E-state index in [1.165, 1.54) is 7.11 Å². The number of primary amides is 1. The lowest BCUT2D eigenvalue weighted by Crippen LogP contribution is -2.36. The van der Waals surface area contributed by atoms with Crippen LogP contribution < -0.4 is 15.4 Å². The van der Waals surface area contributed by atoms with Crippen LogP contribution in [0.5, 0.6) is 5.75 Å². The molecule has 0 radical (unpaired) electrons. The second-order valence-electron chi connectivity index (χ2n) is 3.85. The van der Waals surface area contributed by atoms with Crippen molar-refractivity contribution in [2.75, 3.05) is 38.3 Å². The van der Waals surface area contributed by atoms with E-state index < -0.39 is 5.91 Å². The summed E-state index contributed by atoms with van der Waals surface area (Å²) in [6, 6.07) is 5.47. The normalized spacial score (nSPS) is 15.7. The predicted molar refractivity (Wildman–Crippen MR) is 64.5 cm³/mol. The first kappa shape index (κ1) is 11.7. The van der Waals surface area contributed by atoms with Gasteiger partial charge in [-0.25, -0.2) is 0 Å². The largest absolute Gasteiger partial charge is 0.496 e. The fourth-order valence-corrected chi connectivity index (χ4v) is 1.91. The number of anilines is 1. The summed E-state index contributed by atoms with van der Waals surface area (Å²) in [5, 5.41) is 0. The van der Waals surface area contributed by atoms with Gasteiger partial charge >= 0.3 is 0 Å². The number of ether oxygens (including phenoxy) is 2. The molecule has 1 aromatic rings. The minimum absolute atomic E-state index is 0.413. The highest BCUT2D eigenvalue weighted by atomic mass is 16.5. The third-order valence-electron chi connectivity index (χ3n) is 2.82. The van der Waals surface area contributed by atoms with E-state index in [9.17, 15) is 4.79 Å². The van der Waals surface area contributed by atoms with Crippen LogP contribution >= 0.6 is 0 Å². The predicted octanol–water partition coefficient (Wildman–Crippen LogP) is 0.631. The number of morpholine rings is 1. The molecule has 1 aromatic carbocycles. The Kier molecular flexibility index (Phi) is 3.49. The maximum Gasteiger partial charge on any atom is 0.252 e. The number of hydrogen-bond acceptors (Lipinski definition) is 4. The molecule has 2 N–H and O–H groups in total. The van der Waals surface area contributed by atoms with Gasteiger partial charge in [-0.1, -0.05) is 0 Å². The summed E-state index contributed by atoms with van der Waals surface area (Å²) in [5.41, 5.74) is 6.71. The van der Waals surface area contributed by atoms with Crippen LogP contribution in [0.4, 0.5) is 5.69 Å². The average Bonchev–Trinajstić information content (AvgIpc) is 2.39. The maximum absolute atomic E-state index is 11.3. The van der Waals surface area contributed by atoms with Gasteiger partial charge in [-0.05, 0) is 18.2 Å². The Morgan fingerprint density at radius 3 is 2.71 bits per heavy atom. The van der Waals surface area contributed by atoms with Gasteiger partial charge in [-0.15, -0.1) is 0 Å². The SMILES string of the molecule is COc1ccc(N2CCOCC2)cc1C(N)=O. The van der Waals surface area contributed by atoms with E-state index in [0.29, 0.717) is 24.5 Å². The van der Waals surface area contributed by atoms with Crippen molar-refractivity contribution in [3.05, 3.63) is 23.8 Å². The average molecular weight is 236 g/mol. The molecule has 2 rings (SSSR count). The molecule has 1 amide bonds. The molecule has 1 aliphatic rings. The van der Waals surface area contributed by atoms with Gasteiger partial charge in [0.25, 0.3) is 5.91 Å². The zero-order chi connectivity index (χ0) is 12.3. The van der Waals surface area contributed by atoms with Crippen molar-refractivity contribution in [3.8, 4) is 5.75 Å². The van der Waals surface area contributed by atoms with Crippen LogP contribution in [0, 0.1) is 0 Å². The van der Waals surface area contributed by atoms with Gasteiger partial charge in [-0.2, -0.15) is 0 Å². The fraction of sp³-hybridized carbons (Fsp3) is 0.417. The van der Waals surface area contributed by atoms with E-state index in [-0.39, 0.29) is 0 Å². The van der Waals surface area contributed by atoms with E-state index >= 15 is 0 Å². The molecule has 0 atom stereocenters. The molecule has 0 aliphatic carbocycles. The first-order valence-electron chi connectivity index (χ1n) is 5.53. The Hall–Kier alpha value is -1.75. The molecule has 92 valence electrons. The molecule has 0 spiro atoms. The standard InChI is InChI=1S/C12H16N2O3/c1-16-11-3-2-9(8-10(11)12(13)15)14-4-6-17-7-5-14/h2-3,8H,4-7H2,1H3,(H2,13,15). The highest BCUT2D eigenvalue weighted by molar-refractivity contribution is 5.96. The number of carbonyl (C=O) groups excluding carboxylic acids is 1. The molecule has 0 unspecified atom stereocenters. The smallest absolute Gasteiger partial charge is 0.252 e. The molecule has 17 heavy (non-hydrogen) atoms. The molecular weight excluding hydrogens is 220 g/mol. The number of rotatable bonds is 3. The van der Waals surface area contributed by atoms with E-state index in [4.69, 9.17) is 15.2 Å². The Bertz CT molecular complexity index is 414. The molecule has 5 heteroatoms. The Balaban J connectivity index is 2.29. The lowest BCUT2D eigenvalue weighted by molar-refractivity contribution is 0.0997. The molecule has 1 fully saturated rings. The molecule has 0 bridgehead atoms. The van der Waals surface area contributed by atoms with Crippen LogP contribution in [0.25, 0.3) is 0 Å². The molecule has 0 aromatic heterocycles. The molecule has 5 nitrogen and oxygen atoms in total. The number of methoxy groups -OCH3 is 1. The summed E-state index contributed by atoms with van der Waals surface area (Å²) in [5.74, 6) is 0.0338. The van der Waals surface area contributed by atoms with E-state index in [1.807, 2.05) is 6.07 Å². The summed E-state index contributed by atoms with van der Waals surface area (Å²) in [6.45, 7) is 3.06. The first-order valence-corrected chi connectivity index (χ1v) is 5.53.